The van der Waals surface area contributed by atoms with Crippen molar-refractivity contribution < 1.29 is 5.21 Å². The van der Waals surface area contributed by atoms with E-state index in [1.165, 1.54) is 19.3 Å². The van der Waals surface area contributed by atoms with Gasteiger partial charge in [-0.2, -0.15) is 0 Å². The Morgan fingerprint density at radius 1 is 1.44 bits per heavy atom. The van der Waals surface area contributed by atoms with Crippen molar-refractivity contribution in [2.45, 2.75) is 52.0 Å². The molecule has 1 aliphatic carbocycles. The Morgan fingerprint density at radius 2 is 2.06 bits per heavy atom. The van der Waals surface area contributed by atoms with Crippen molar-refractivity contribution in [2.75, 3.05) is 13.6 Å². The van der Waals surface area contributed by atoms with Crippen molar-refractivity contribution in [2.24, 2.45) is 16.3 Å². The van der Waals surface area contributed by atoms with E-state index in [9.17, 15) is 0 Å². The van der Waals surface area contributed by atoms with Gasteiger partial charge in [0, 0.05) is 11.5 Å². The molecule has 1 saturated carbocycles. The van der Waals surface area contributed by atoms with Gasteiger partial charge in [0.1, 0.15) is 5.84 Å². The number of hydrogen-bond acceptors (Lipinski definition) is 3. The van der Waals surface area contributed by atoms with E-state index in [2.05, 4.69) is 17.1 Å². The lowest BCUT2D eigenvalue weighted by Gasteiger charge is -2.23. The molecule has 3 N–H and O–H groups in total. The van der Waals surface area contributed by atoms with Gasteiger partial charge in [-0.1, -0.05) is 25.4 Å². The third-order valence-corrected chi connectivity index (χ3v) is 3.53. The van der Waals surface area contributed by atoms with Crippen LogP contribution in [0.25, 0.3) is 0 Å². The van der Waals surface area contributed by atoms with Crippen LogP contribution in [0, 0.1) is 5.41 Å². The largest absolute Gasteiger partial charge is 0.409 e. The van der Waals surface area contributed by atoms with Gasteiger partial charge in [-0.3, -0.25) is 0 Å². The summed E-state index contributed by atoms with van der Waals surface area (Å²) in [7, 11) is 2.20. The Bertz CT molecular complexity index is 247. The average molecular weight is 227 g/mol. The highest BCUT2D eigenvalue weighted by atomic mass is 16.4. The number of hydrogen-bond donors (Lipinski definition) is 2. The third-order valence-electron chi connectivity index (χ3n) is 3.53. The summed E-state index contributed by atoms with van der Waals surface area (Å²) in [6.07, 6.45) is 6.02. The summed E-state index contributed by atoms with van der Waals surface area (Å²) in [6, 6.07) is 0.845. The second-order valence-electron chi connectivity index (χ2n) is 5.54. The minimum absolute atomic E-state index is 0.188. The van der Waals surface area contributed by atoms with Crippen molar-refractivity contribution >= 4 is 5.84 Å². The molecule has 1 aliphatic rings. The lowest BCUT2D eigenvalue weighted by atomic mass is 9.86. The minimum atomic E-state index is -0.188. The van der Waals surface area contributed by atoms with Crippen LogP contribution in [0.1, 0.15) is 46.0 Å². The molecule has 1 rings (SSSR count). The third kappa shape index (κ3) is 4.00. The fraction of sp³-hybridized carbons (Fsp3) is 0.917. The lowest BCUT2D eigenvalue weighted by molar-refractivity contribution is 0.294. The van der Waals surface area contributed by atoms with Gasteiger partial charge in [0.15, 0.2) is 0 Å². The number of unbranched alkanes of at least 4 members (excludes halogenated alkanes) is 1. The summed E-state index contributed by atoms with van der Waals surface area (Å²) < 4.78 is 0. The summed E-state index contributed by atoms with van der Waals surface area (Å²) >= 11 is 0. The molecular weight excluding hydrogens is 202 g/mol. The topological polar surface area (TPSA) is 61.8 Å². The van der Waals surface area contributed by atoms with Gasteiger partial charge in [0.05, 0.1) is 0 Å². The summed E-state index contributed by atoms with van der Waals surface area (Å²) in [4.78, 5) is 2.44. The second kappa shape index (κ2) is 5.53. The number of nitrogens with two attached hydrogens (primary N) is 1. The Hall–Kier alpha value is -0.770. The number of amidine groups is 1. The predicted octanol–water partition coefficient (Wildman–Crippen LogP) is 2.02. The van der Waals surface area contributed by atoms with Crippen molar-refractivity contribution in [1.82, 2.24) is 4.90 Å². The van der Waals surface area contributed by atoms with Gasteiger partial charge in [0.25, 0.3) is 0 Å². The molecule has 0 amide bonds. The standard InChI is InChI=1S/C12H25N3O/c1-12(2,11(13)14-16)8-4-5-9-15(3)10-6-7-10/h10,16H,4-9H2,1-3H3,(H2,13,14). The minimum Gasteiger partial charge on any atom is -0.409 e. The molecular formula is C12H25N3O. The highest BCUT2D eigenvalue weighted by molar-refractivity contribution is 5.85. The molecule has 0 radical (unpaired) electrons. The van der Waals surface area contributed by atoms with Gasteiger partial charge >= 0.3 is 0 Å². The molecule has 16 heavy (non-hydrogen) atoms. The van der Waals surface area contributed by atoms with Gasteiger partial charge in [0.2, 0.25) is 0 Å². The van der Waals surface area contributed by atoms with E-state index in [4.69, 9.17) is 10.9 Å². The Labute approximate surface area is 98.5 Å². The normalized spacial score (nSPS) is 18.1. The van der Waals surface area contributed by atoms with E-state index >= 15 is 0 Å². The Morgan fingerprint density at radius 3 is 2.56 bits per heavy atom. The van der Waals surface area contributed by atoms with Crippen LogP contribution in [-0.2, 0) is 0 Å². The SMILES string of the molecule is CN(CCCCC(C)(C)C(N)=NO)C1CC1. The molecule has 0 heterocycles. The van der Waals surface area contributed by atoms with Crippen LogP contribution in [0.2, 0.25) is 0 Å². The molecule has 0 aromatic heterocycles. The van der Waals surface area contributed by atoms with Crippen LogP contribution in [0.15, 0.2) is 5.16 Å². The smallest absolute Gasteiger partial charge is 0.144 e. The molecule has 0 aliphatic heterocycles. The van der Waals surface area contributed by atoms with Crippen LogP contribution >= 0.6 is 0 Å². The number of nitrogens with zero attached hydrogens (tertiary/aromatic N) is 2. The highest BCUT2D eigenvalue weighted by Gasteiger charge is 2.26. The molecule has 0 saturated heterocycles. The summed E-state index contributed by atoms with van der Waals surface area (Å²) in [6.45, 7) is 5.20. The maximum atomic E-state index is 8.65. The first-order valence-electron chi connectivity index (χ1n) is 6.15. The summed E-state index contributed by atoms with van der Waals surface area (Å²) in [5.41, 5.74) is 5.45. The molecule has 1 fully saturated rings. The molecule has 0 atom stereocenters. The first-order chi connectivity index (χ1) is 7.47. The van der Waals surface area contributed by atoms with Crippen molar-refractivity contribution in [3.8, 4) is 0 Å². The van der Waals surface area contributed by atoms with Gasteiger partial charge < -0.3 is 15.8 Å². The molecule has 0 aromatic carbocycles. The van der Waals surface area contributed by atoms with Crippen LogP contribution in [0.5, 0.6) is 0 Å². The molecule has 4 nitrogen and oxygen atoms in total. The predicted molar refractivity (Wildman–Crippen MR) is 66.7 cm³/mol. The first kappa shape index (κ1) is 13.3. The quantitative estimate of drug-likeness (QED) is 0.230. The van der Waals surface area contributed by atoms with E-state index < -0.39 is 0 Å². The maximum Gasteiger partial charge on any atom is 0.144 e. The van der Waals surface area contributed by atoms with E-state index in [-0.39, 0.29) is 5.41 Å². The average Bonchev–Trinajstić information content (AvgIpc) is 3.06. The highest BCUT2D eigenvalue weighted by Crippen LogP contribution is 2.27. The Kier molecular flexibility index (Phi) is 4.59. The van der Waals surface area contributed by atoms with E-state index in [1.54, 1.807) is 0 Å². The van der Waals surface area contributed by atoms with Gasteiger partial charge in [-0.15, -0.1) is 0 Å². The van der Waals surface area contributed by atoms with Crippen molar-refractivity contribution in [3.63, 3.8) is 0 Å². The molecule has 94 valence electrons. The Balaban J connectivity index is 2.14. The maximum absolute atomic E-state index is 8.65. The summed E-state index contributed by atoms with van der Waals surface area (Å²) in [5.74, 6) is 0.336. The van der Waals surface area contributed by atoms with Crippen molar-refractivity contribution in [1.29, 1.82) is 0 Å². The van der Waals surface area contributed by atoms with E-state index in [1.807, 2.05) is 13.8 Å². The van der Waals surface area contributed by atoms with Crippen molar-refractivity contribution in [3.05, 3.63) is 0 Å². The summed E-state index contributed by atoms with van der Waals surface area (Å²) in [5, 5.41) is 11.7. The van der Waals surface area contributed by atoms with Crippen LogP contribution in [0.4, 0.5) is 0 Å². The van der Waals surface area contributed by atoms with Gasteiger partial charge in [-0.05, 0) is 39.3 Å². The molecule has 4 heteroatoms. The first-order valence-corrected chi connectivity index (χ1v) is 6.15. The molecule has 0 unspecified atom stereocenters. The zero-order valence-corrected chi connectivity index (χ0v) is 10.7. The van der Waals surface area contributed by atoms with Gasteiger partial charge in [-0.25, -0.2) is 0 Å². The fourth-order valence-corrected chi connectivity index (χ4v) is 1.89. The van der Waals surface area contributed by atoms with Crippen LogP contribution < -0.4 is 5.73 Å². The molecule has 0 aromatic rings. The van der Waals surface area contributed by atoms with E-state index in [0.717, 1.165) is 25.4 Å². The number of oxime groups is 1. The second-order valence-corrected chi connectivity index (χ2v) is 5.54. The monoisotopic (exact) mass is 227 g/mol. The molecule has 0 bridgehead atoms. The van der Waals surface area contributed by atoms with Crippen LogP contribution in [-0.4, -0.2) is 35.6 Å². The zero-order chi connectivity index (χ0) is 12.2. The zero-order valence-electron chi connectivity index (χ0n) is 10.7. The van der Waals surface area contributed by atoms with Crippen LogP contribution in [0.3, 0.4) is 0 Å². The number of rotatable bonds is 7. The lowest BCUT2D eigenvalue weighted by Crippen LogP contribution is -2.32. The molecule has 0 spiro atoms. The fourth-order valence-electron chi connectivity index (χ4n) is 1.89. The van der Waals surface area contributed by atoms with E-state index in [0.29, 0.717) is 5.84 Å².